The minimum atomic E-state index is -3.51. The molecule has 0 radical (unpaired) electrons. The molecule has 1 aromatic heterocycles. The van der Waals surface area contributed by atoms with Crippen molar-refractivity contribution in [2.24, 2.45) is 5.92 Å². The van der Waals surface area contributed by atoms with Crippen LogP contribution in [0.1, 0.15) is 23.3 Å². The van der Waals surface area contributed by atoms with Gasteiger partial charge in [-0.1, -0.05) is 0 Å². The molecule has 1 aliphatic heterocycles. The largest absolute Gasteiger partial charge is 0.391 e. The van der Waals surface area contributed by atoms with Gasteiger partial charge in [-0.25, -0.2) is 12.7 Å². The third kappa shape index (κ3) is 3.65. The fraction of sp³-hybridized carbons (Fsp3) is 0.714. The lowest BCUT2D eigenvalue weighted by Gasteiger charge is -2.31. The van der Waals surface area contributed by atoms with E-state index in [0.717, 1.165) is 31.5 Å². The van der Waals surface area contributed by atoms with Crippen molar-refractivity contribution in [2.75, 3.05) is 33.7 Å². The number of hydrogen-bond acceptors (Lipinski definition) is 5. The normalized spacial score (nSPS) is 18.5. The van der Waals surface area contributed by atoms with Crippen molar-refractivity contribution in [3.63, 3.8) is 0 Å². The van der Waals surface area contributed by atoms with Gasteiger partial charge in [0.1, 0.15) is 4.90 Å². The number of rotatable bonds is 5. The average Bonchev–Trinajstić information content (AvgIpc) is 2.83. The molecule has 5 nitrogen and oxygen atoms in total. The number of thiophene rings is 1. The number of aryl methyl sites for hydroxylation is 1. The van der Waals surface area contributed by atoms with Crippen LogP contribution >= 0.6 is 11.3 Å². The Bertz CT molecular complexity index is 575. The zero-order valence-electron chi connectivity index (χ0n) is 12.9. The highest BCUT2D eigenvalue weighted by Gasteiger charge is 2.29. The summed E-state index contributed by atoms with van der Waals surface area (Å²) in [5.41, 5.74) is 0.722. The van der Waals surface area contributed by atoms with E-state index in [-0.39, 0.29) is 6.61 Å². The Labute approximate surface area is 131 Å². The smallest absolute Gasteiger partial charge is 0.244 e. The molecule has 1 fully saturated rings. The Hall–Kier alpha value is -0.470. The minimum Gasteiger partial charge on any atom is -0.391 e. The van der Waals surface area contributed by atoms with Crippen molar-refractivity contribution in [2.45, 2.75) is 31.3 Å². The Morgan fingerprint density at radius 2 is 2.05 bits per heavy atom. The SMILES string of the molecule is Cc1csc(CO)c1S(=O)(=O)N(C)CC1CCN(C)CC1. The molecule has 0 aromatic carbocycles. The van der Waals surface area contributed by atoms with Crippen molar-refractivity contribution < 1.29 is 13.5 Å². The monoisotopic (exact) mass is 332 g/mol. The molecule has 1 N–H and O–H groups in total. The lowest BCUT2D eigenvalue weighted by atomic mass is 9.97. The van der Waals surface area contributed by atoms with Gasteiger partial charge in [0.15, 0.2) is 0 Å². The lowest BCUT2D eigenvalue weighted by molar-refractivity contribution is 0.202. The molecule has 21 heavy (non-hydrogen) atoms. The summed E-state index contributed by atoms with van der Waals surface area (Å²) < 4.78 is 26.9. The second-order valence-electron chi connectivity index (χ2n) is 5.86. The maximum atomic E-state index is 12.7. The maximum absolute atomic E-state index is 12.7. The van der Waals surface area contributed by atoms with E-state index < -0.39 is 10.0 Å². The van der Waals surface area contributed by atoms with E-state index in [0.29, 0.717) is 22.2 Å². The lowest BCUT2D eigenvalue weighted by Crippen LogP contribution is -2.38. The van der Waals surface area contributed by atoms with E-state index in [1.807, 2.05) is 0 Å². The van der Waals surface area contributed by atoms with Crippen LogP contribution in [0.5, 0.6) is 0 Å². The molecular weight excluding hydrogens is 308 g/mol. The predicted molar refractivity (Wildman–Crippen MR) is 85.0 cm³/mol. The molecule has 0 amide bonds. The molecule has 1 aromatic rings. The van der Waals surface area contributed by atoms with Crippen LogP contribution in [-0.2, 0) is 16.6 Å². The number of piperidine rings is 1. The van der Waals surface area contributed by atoms with Gasteiger partial charge < -0.3 is 10.0 Å². The molecule has 1 aliphatic rings. The van der Waals surface area contributed by atoms with Crippen LogP contribution in [0.15, 0.2) is 10.3 Å². The van der Waals surface area contributed by atoms with Gasteiger partial charge in [0, 0.05) is 13.6 Å². The molecule has 2 rings (SSSR count). The third-order valence-electron chi connectivity index (χ3n) is 4.15. The first-order chi connectivity index (χ1) is 9.86. The summed E-state index contributed by atoms with van der Waals surface area (Å²) >= 11 is 1.30. The van der Waals surface area contributed by atoms with Crippen molar-refractivity contribution in [3.05, 3.63) is 15.8 Å². The van der Waals surface area contributed by atoms with E-state index in [1.54, 1.807) is 19.4 Å². The molecule has 0 atom stereocenters. The first-order valence-electron chi connectivity index (χ1n) is 7.19. The summed E-state index contributed by atoms with van der Waals surface area (Å²) in [5.74, 6) is 0.414. The zero-order chi connectivity index (χ0) is 15.6. The Morgan fingerprint density at radius 3 is 2.62 bits per heavy atom. The van der Waals surface area contributed by atoms with Gasteiger partial charge in [-0.3, -0.25) is 0 Å². The van der Waals surface area contributed by atoms with Crippen molar-refractivity contribution >= 4 is 21.4 Å². The third-order valence-corrected chi connectivity index (χ3v) is 7.43. The fourth-order valence-corrected chi connectivity index (χ4v) is 5.66. The molecule has 0 spiro atoms. The Balaban J connectivity index is 2.13. The standard InChI is InChI=1S/C14H24N2O3S2/c1-11-10-20-13(9-17)14(11)21(18,19)16(3)8-12-4-6-15(2)7-5-12/h10,12,17H,4-9H2,1-3H3. The van der Waals surface area contributed by atoms with Crippen LogP contribution in [0, 0.1) is 12.8 Å². The van der Waals surface area contributed by atoms with Crippen molar-refractivity contribution in [3.8, 4) is 0 Å². The summed E-state index contributed by atoms with van der Waals surface area (Å²) in [6, 6.07) is 0. The quantitative estimate of drug-likeness (QED) is 0.888. The second-order valence-corrected chi connectivity index (χ2v) is 8.81. The highest BCUT2D eigenvalue weighted by atomic mass is 32.2. The van der Waals surface area contributed by atoms with Crippen LogP contribution < -0.4 is 0 Å². The zero-order valence-corrected chi connectivity index (χ0v) is 14.5. The number of nitrogens with zero attached hydrogens (tertiary/aromatic N) is 2. The summed E-state index contributed by atoms with van der Waals surface area (Å²) in [6.07, 6.45) is 2.07. The summed E-state index contributed by atoms with van der Waals surface area (Å²) in [5, 5.41) is 11.1. The van der Waals surface area contributed by atoms with Gasteiger partial charge in [-0.2, -0.15) is 0 Å². The Kier molecular flexibility index (Phi) is 5.43. The van der Waals surface area contributed by atoms with Gasteiger partial charge in [0.25, 0.3) is 0 Å². The topological polar surface area (TPSA) is 60.9 Å². The average molecular weight is 332 g/mol. The van der Waals surface area contributed by atoms with Crippen LogP contribution in [0.25, 0.3) is 0 Å². The number of aliphatic hydroxyl groups excluding tert-OH is 1. The first-order valence-corrected chi connectivity index (χ1v) is 9.51. The van der Waals surface area contributed by atoms with Gasteiger partial charge in [-0.05, 0) is 56.8 Å². The summed E-state index contributed by atoms with van der Waals surface area (Å²) in [4.78, 5) is 3.10. The van der Waals surface area contributed by atoms with E-state index in [1.165, 1.54) is 15.6 Å². The molecule has 7 heteroatoms. The van der Waals surface area contributed by atoms with Crippen LogP contribution in [0.2, 0.25) is 0 Å². The van der Waals surface area contributed by atoms with Gasteiger partial charge in [-0.15, -0.1) is 11.3 Å². The second kappa shape index (κ2) is 6.75. The van der Waals surface area contributed by atoms with Gasteiger partial charge in [0.05, 0.1) is 11.5 Å². The number of hydrogen-bond donors (Lipinski definition) is 1. The number of likely N-dealkylation sites (tertiary alicyclic amines) is 1. The van der Waals surface area contributed by atoms with Gasteiger partial charge >= 0.3 is 0 Å². The van der Waals surface area contributed by atoms with Crippen molar-refractivity contribution in [1.82, 2.24) is 9.21 Å². The summed E-state index contributed by atoms with van der Waals surface area (Å²) in [7, 11) is 0.229. The van der Waals surface area contributed by atoms with E-state index in [4.69, 9.17) is 0 Å². The summed E-state index contributed by atoms with van der Waals surface area (Å²) in [6.45, 7) is 4.16. The minimum absolute atomic E-state index is 0.227. The van der Waals surface area contributed by atoms with E-state index >= 15 is 0 Å². The van der Waals surface area contributed by atoms with Crippen LogP contribution in [0.3, 0.4) is 0 Å². The highest BCUT2D eigenvalue weighted by molar-refractivity contribution is 7.89. The number of sulfonamides is 1. The van der Waals surface area contributed by atoms with E-state index in [2.05, 4.69) is 11.9 Å². The highest BCUT2D eigenvalue weighted by Crippen LogP contribution is 2.30. The van der Waals surface area contributed by atoms with E-state index in [9.17, 15) is 13.5 Å². The maximum Gasteiger partial charge on any atom is 0.244 e. The molecule has 1 saturated heterocycles. The molecule has 120 valence electrons. The molecule has 0 unspecified atom stereocenters. The predicted octanol–water partition coefficient (Wildman–Crippen LogP) is 1.51. The van der Waals surface area contributed by atoms with Crippen molar-refractivity contribution in [1.29, 1.82) is 0 Å². The first kappa shape index (κ1) is 16.9. The molecule has 0 saturated carbocycles. The molecule has 2 heterocycles. The molecule has 0 bridgehead atoms. The number of aliphatic hydroxyl groups is 1. The van der Waals surface area contributed by atoms with Crippen LogP contribution in [-0.4, -0.2) is 56.5 Å². The molecule has 0 aliphatic carbocycles. The Morgan fingerprint density at radius 1 is 1.43 bits per heavy atom. The van der Waals surface area contributed by atoms with Gasteiger partial charge in [0.2, 0.25) is 10.0 Å². The van der Waals surface area contributed by atoms with Crippen LogP contribution in [0.4, 0.5) is 0 Å². The molecular formula is C14H24N2O3S2. The fourth-order valence-electron chi connectivity index (χ4n) is 2.81.